The number of nitrogens with one attached hydrogen (secondary N) is 2. The van der Waals surface area contributed by atoms with Crippen LogP contribution in [0.4, 0.5) is 0 Å². The lowest BCUT2D eigenvalue weighted by Gasteiger charge is -2.10. The second kappa shape index (κ2) is 9.68. The highest BCUT2D eigenvalue weighted by atomic mass is 32.2. The van der Waals surface area contributed by atoms with Gasteiger partial charge in [0.2, 0.25) is 11.8 Å². The van der Waals surface area contributed by atoms with Gasteiger partial charge in [-0.25, -0.2) is 0 Å². The maximum absolute atomic E-state index is 12.0. The van der Waals surface area contributed by atoms with Crippen LogP contribution in [0.5, 0.6) is 5.88 Å². The molecule has 24 heavy (non-hydrogen) atoms. The lowest BCUT2D eigenvalue weighted by molar-refractivity contribution is -0.119. The SMILES string of the molecule is CCCCCc1c(O)nc(SCC(=O)NC[C@@H]2CCCO2)[nH]c1=O. The number of aromatic nitrogens is 2. The van der Waals surface area contributed by atoms with Crippen molar-refractivity contribution in [1.29, 1.82) is 0 Å². The number of carbonyl (C=O) groups excluding carboxylic acids is 1. The molecule has 2 rings (SSSR count). The second-order valence-corrected chi connectivity index (χ2v) is 6.82. The number of unbranched alkanes of at least 4 members (excludes halogenated alkanes) is 2. The summed E-state index contributed by atoms with van der Waals surface area (Å²) >= 11 is 1.10. The van der Waals surface area contributed by atoms with Gasteiger partial charge < -0.3 is 20.1 Å². The zero-order valence-corrected chi connectivity index (χ0v) is 14.8. The molecule has 1 atom stereocenters. The number of aromatic hydroxyl groups is 1. The number of rotatable bonds is 9. The van der Waals surface area contributed by atoms with Crippen molar-refractivity contribution in [3.63, 3.8) is 0 Å². The van der Waals surface area contributed by atoms with Crippen LogP contribution in [0.3, 0.4) is 0 Å². The first-order valence-corrected chi connectivity index (χ1v) is 9.42. The Morgan fingerprint density at radius 2 is 2.33 bits per heavy atom. The summed E-state index contributed by atoms with van der Waals surface area (Å²) in [7, 11) is 0. The van der Waals surface area contributed by atoms with Crippen molar-refractivity contribution in [1.82, 2.24) is 15.3 Å². The molecule has 1 aliphatic rings. The first-order valence-electron chi connectivity index (χ1n) is 8.43. The fourth-order valence-electron chi connectivity index (χ4n) is 2.53. The van der Waals surface area contributed by atoms with E-state index in [1.165, 1.54) is 0 Å². The van der Waals surface area contributed by atoms with Crippen LogP contribution in [-0.2, 0) is 16.0 Å². The van der Waals surface area contributed by atoms with Crippen LogP contribution in [0.25, 0.3) is 0 Å². The Bertz CT molecular complexity index is 599. The lowest BCUT2D eigenvalue weighted by atomic mass is 10.1. The topological polar surface area (TPSA) is 104 Å². The summed E-state index contributed by atoms with van der Waals surface area (Å²) in [5.41, 5.74) is -0.0171. The molecule has 2 heterocycles. The number of ether oxygens (including phenoxy) is 1. The standard InChI is InChI=1S/C16H25N3O4S/c1-2-3-4-7-12-14(21)18-16(19-15(12)22)24-10-13(20)17-9-11-6-5-8-23-11/h11H,2-10H2,1H3,(H,17,20)(H2,18,19,21,22)/t11-/m0/s1. The molecule has 0 radical (unpaired) electrons. The van der Waals surface area contributed by atoms with E-state index in [-0.39, 0.29) is 34.4 Å². The zero-order valence-electron chi connectivity index (χ0n) is 14.0. The normalized spacial score (nSPS) is 17.1. The molecule has 1 aromatic rings. The van der Waals surface area contributed by atoms with E-state index in [0.717, 1.165) is 50.5 Å². The number of nitrogens with zero attached hydrogens (tertiary/aromatic N) is 1. The third-order valence-corrected chi connectivity index (χ3v) is 4.77. The second-order valence-electron chi connectivity index (χ2n) is 5.86. The first-order chi connectivity index (χ1) is 11.6. The molecule has 0 aromatic carbocycles. The Hall–Kier alpha value is -1.54. The third-order valence-electron chi connectivity index (χ3n) is 3.89. The average Bonchev–Trinajstić information content (AvgIpc) is 3.07. The molecule has 0 saturated carbocycles. The van der Waals surface area contributed by atoms with Crippen LogP contribution < -0.4 is 10.9 Å². The Kier molecular flexibility index (Phi) is 7.58. The van der Waals surface area contributed by atoms with Gasteiger partial charge in [-0.1, -0.05) is 31.5 Å². The fourth-order valence-corrected chi connectivity index (χ4v) is 3.21. The van der Waals surface area contributed by atoms with Crippen molar-refractivity contribution in [3.05, 3.63) is 15.9 Å². The van der Waals surface area contributed by atoms with Crippen molar-refractivity contribution in [3.8, 4) is 5.88 Å². The van der Waals surface area contributed by atoms with Gasteiger partial charge in [-0.3, -0.25) is 9.59 Å². The summed E-state index contributed by atoms with van der Waals surface area (Å²) in [6.45, 7) is 3.33. The molecular weight excluding hydrogens is 330 g/mol. The molecule has 1 aliphatic heterocycles. The molecule has 134 valence electrons. The Morgan fingerprint density at radius 1 is 1.50 bits per heavy atom. The van der Waals surface area contributed by atoms with Gasteiger partial charge in [0.15, 0.2) is 5.16 Å². The molecule has 0 spiro atoms. The first kappa shape index (κ1) is 18.8. The highest BCUT2D eigenvalue weighted by Crippen LogP contribution is 2.18. The van der Waals surface area contributed by atoms with Crippen LogP contribution in [0, 0.1) is 0 Å². The van der Waals surface area contributed by atoms with Gasteiger partial charge in [-0.15, -0.1) is 0 Å². The number of amides is 1. The number of thioether (sulfide) groups is 1. The van der Waals surface area contributed by atoms with Crippen LogP contribution in [0.2, 0.25) is 0 Å². The molecule has 0 unspecified atom stereocenters. The quantitative estimate of drug-likeness (QED) is 0.353. The van der Waals surface area contributed by atoms with E-state index in [9.17, 15) is 14.7 Å². The van der Waals surface area contributed by atoms with E-state index in [0.29, 0.717) is 18.5 Å². The maximum Gasteiger partial charge on any atom is 0.258 e. The largest absolute Gasteiger partial charge is 0.493 e. The monoisotopic (exact) mass is 355 g/mol. The minimum atomic E-state index is -0.333. The number of hydrogen-bond donors (Lipinski definition) is 3. The maximum atomic E-state index is 12.0. The minimum Gasteiger partial charge on any atom is -0.493 e. The molecule has 0 aliphatic carbocycles. The number of aromatic amines is 1. The van der Waals surface area contributed by atoms with E-state index in [4.69, 9.17) is 4.74 Å². The van der Waals surface area contributed by atoms with Crippen LogP contribution >= 0.6 is 11.8 Å². The van der Waals surface area contributed by atoms with E-state index in [1.54, 1.807) is 0 Å². The summed E-state index contributed by atoms with van der Waals surface area (Å²) < 4.78 is 5.44. The van der Waals surface area contributed by atoms with Crippen LogP contribution in [-0.4, -0.2) is 46.0 Å². The summed E-state index contributed by atoms with van der Waals surface area (Å²) in [5, 5.41) is 13.0. The predicted octanol–water partition coefficient (Wildman–Crippen LogP) is 1.60. The van der Waals surface area contributed by atoms with Crippen LogP contribution in [0.15, 0.2) is 9.95 Å². The van der Waals surface area contributed by atoms with Gasteiger partial charge in [0.1, 0.15) is 0 Å². The smallest absolute Gasteiger partial charge is 0.258 e. The minimum absolute atomic E-state index is 0.100. The van der Waals surface area contributed by atoms with E-state index >= 15 is 0 Å². The van der Waals surface area contributed by atoms with Gasteiger partial charge in [0.25, 0.3) is 5.56 Å². The molecule has 7 nitrogen and oxygen atoms in total. The highest BCUT2D eigenvalue weighted by molar-refractivity contribution is 7.99. The van der Waals surface area contributed by atoms with Crippen molar-refractivity contribution < 1.29 is 14.6 Å². The van der Waals surface area contributed by atoms with Crippen LogP contribution in [0.1, 0.15) is 44.6 Å². The Morgan fingerprint density at radius 3 is 3.00 bits per heavy atom. The molecule has 0 bridgehead atoms. The van der Waals surface area contributed by atoms with Gasteiger partial charge in [0.05, 0.1) is 17.4 Å². The molecule has 1 amide bonds. The van der Waals surface area contributed by atoms with E-state index < -0.39 is 0 Å². The number of carbonyl (C=O) groups is 1. The number of hydrogen-bond acceptors (Lipinski definition) is 6. The van der Waals surface area contributed by atoms with Gasteiger partial charge in [-0.2, -0.15) is 4.98 Å². The Labute approximate surface area is 145 Å². The molecule has 1 saturated heterocycles. The summed E-state index contributed by atoms with van der Waals surface area (Å²) in [6.07, 6.45) is 5.49. The van der Waals surface area contributed by atoms with Crippen molar-refractivity contribution in [2.24, 2.45) is 0 Å². The molecule has 8 heteroatoms. The third kappa shape index (κ3) is 5.83. The van der Waals surface area contributed by atoms with Crippen molar-refractivity contribution in [2.75, 3.05) is 18.9 Å². The summed E-state index contributed by atoms with van der Waals surface area (Å²) in [4.78, 5) is 30.4. The average molecular weight is 355 g/mol. The molecular formula is C16H25N3O4S. The lowest BCUT2D eigenvalue weighted by Crippen LogP contribution is -2.33. The Balaban J connectivity index is 1.81. The van der Waals surface area contributed by atoms with Crippen molar-refractivity contribution in [2.45, 2.75) is 56.7 Å². The highest BCUT2D eigenvalue weighted by Gasteiger charge is 2.16. The zero-order chi connectivity index (χ0) is 17.4. The summed E-state index contributed by atoms with van der Waals surface area (Å²) in [5.74, 6) is -0.258. The van der Waals surface area contributed by atoms with E-state index in [2.05, 4.69) is 22.2 Å². The molecule has 1 aromatic heterocycles. The van der Waals surface area contributed by atoms with E-state index in [1.807, 2.05) is 0 Å². The predicted molar refractivity (Wildman–Crippen MR) is 92.5 cm³/mol. The molecule has 1 fully saturated rings. The molecule has 3 N–H and O–H groups in total. The van der Waals surface area contributed by atoms with Gasteiger partial charge in [-0.05, 0) is 25.7 Å². The fraction of sp³-hybridized carbons (Fsp3) is 0.688. The van der Waals surface area contributed by atoms with Gasteiger partial charge >= 0.3 is 0 Å². The van der Waals surface area contributed by atoms with Gasteiger partial charge in [0, 0.05) is 13.2 Å². The van der Waals surface area contributed by atoms with Crippen molar-refractivity contribution >= 4 is 17.7 Å². The number of H-pyrrole nitrogens is 1. The summed E-state index contributed by atoms with van der Waals surface area (Å²) in [6, 6.07) is 0.